The van der Waals surface area contributed by atoms with Crippen LogP contribution >= 0.6 is 0 Å². The van der Waals surface area contributed by atoms with Crippen molar-refractivity contribution in [1.29, 1.82) is 0 Å². The minimum atomic E-state index is -0.542. The van der Waals surface area contributed by atoms with Crippen LogP contribution in [0.15, 0.2) is 48.5 Å². The third-order valence-electron chi connectivity index (χ3n) is 2.87. The summed E-state index contributed by atoms with van der Waals surface area (Å²) in [6.45, 7) is 0.242. The Kier molecular flexibility index (Phi) is 5.17. The van der Waals surface area contributed by atoms with Gasteiger partial charge in [0.15, 0.2) is 6.79 Å². The third kappa shape index (κ3) is 4.22. The Hall–Kier alpha value is -2.53. The van der Waals surface area contributed by atoms with Crippen molar-refractivity contribution in [2.24, 2.45) is 0 Å². The molecule has 0 radical (unpaired) electrons. The lowest BCUT2D eigenvalue weighted by Crippen LogP contribution is -2.11. The van der Waals surface area contributed by atoms with Crippen LogP contribution in [0.1, 0.15) is 15.9 Å². The van der Waals surface area contributed by atoms with E-state index in [0.717, 1.165) is 5.56 Å². The van der Waals surface area contributed by atoms with Crippen molar-refractivity contribution in [3.8, 4) is 5.75 Å². The van der Waals surface area contributed by atoms with E-state index in [0.29, 0.717) is 18.0 Å². The summed E-state index contributed by atoms with van der Waals surface area (Å²) in [4.78, 5) is 11.9. The summed E-state index contributed by atoms with van der Waals surface area (Å²) in [5.41, 5.74) is 7.35. The molecule has 21 heavy (non-hydrogen) atoms. The molecule has 0 saturated heterocycles. The molecule has 2 rings (SSSR count). The molecule has 0 saturated carbocycles. The lowest BCUT2D eigenvalue weighted by Gasteiger charge is -2.09. The zero-order valence-corrected chi connectivity index (χ0v) is 11.7. The molecule has 5 nitrogen and oxygen atoms in total. The molecule has 0 bridgehead atoms. The van der Waals surface area contributed by atoms with Crippen molar-refractivity contribution in [1.82, 2.24) is 0 Å². The number of ether oxygens (including phenoxy) is 3. The number of anilines is 1. The van der Waals surface area contributed by atoms with Gasteiger partial charge < -0.3 is 19.9 Å². The fraction of sp³-hybridized carbons (Fsp3) is 0.188. The maximum Gasteiger partial charge on any atom is 0.342 e. The molecule has 0 aliphatic rings. The number of esters is 1. The summed E-state index contributed by atoms with van der Waals surface area (Å²) in [6, 6.07) is 14.4. The van der Waals surface area contributed by atoms with E-state index in [1.54, 1.807) is 12.1 Å². The first-order valence-corrected chi connectivity index (χ1v) is 6.43. The number of nitrogen functional groups attached to an aromatic ring is 1. The predicted molar refractivity (Wildman–Crippen MR) is 78.9 cm³/mol. The van der Waals surface area contributed by atoms with Crippen molar-refractivity contribution in [2.45, 2.75) is 6.61 Å². The van der Waals surface area contributed by atoms with Gasteiger partial charge in [0.05, 0.1) is 19.3 Å². The largest absolute Gasteiger partial charge is 0.497 e. The highest BCUT2D eigenvalue weighted by Crippen LogP contribution is 2.20. The van der Waals surface area contributed by atoms with E-state index in [2.05, 4.69) is 0 Å². The van der Waals surface area contributed by atoms with Crippen LogP contribution in [0, 0.1) is 0 Å². The van der Waals surface area contributed by atoms with Crippen LogP contribution in [-0.2, 0) is 16.1 Å². The maximum atomic E-state index is 11.9. The Morgan fingerprint density at radius 3 is 2.62 bits per heavy atom. The summed E-state index contributed by atoms with van der Waals surface area (Å²) in [5, 5.41) is 0. The number of benzene rings is 2. The number of rotatable bonds is 6. The van der Waals surface area contributed by atoms with E-state index in [1.807, 2.05) is 30.3 Å². The average molecular weight is 287 g/mol. The molecule has 110 valence electrons. The van der Waals surface area contributed by atoms with Gasteiger partial charge in [-0.15, -0.1) is 0 Å². The molecule has 0 aliphatic heterocycles. The predicted octanol–water partition coefficient (Wildman–Crippen LogP) is 2.61. The highest BCUT2D eigenvalue weighted by Gasteiger charge is 2.12. The van der Waals surface area contributed by atoms with Crippen LogP contribution in [0.5, 0.6) is 5.75 Å². The van der Waals surface area contributed by atoms with Gasteiger partial charge in [-0.2, -0.15) is 0 Å². The molecule has 0 aliphatic carbocycles. The van der Waals surface area contributed by atoms with Crippen molar-refractivity contribution in [3.05, 3.63) is 59.7 Å². The number of nitrogens with two attached hydrogens (primary N) is 1. The lowest BCUT2D eigenvalue weighted by molar-refractivity contribution is -0.0380. The zero-order chi connectivity index (χ0) is 15.1. The Bertz CT molecular complexity index is 598. The topological polar surface area (TPSA) is 70.8 Å². The molecule has 0 heterocycles. The summed E-state index contributed by atoms with van der Waals surface area (Å²) < 4.78 is 15.4. The maximum absolute atomic E-state index is 11.9. The Balaban J connectivity index is 1.84. The normalized spacial score (nSPS) is 10.1. The van der Waals surface area contributed by atoms with Gasteiger partial charge in [-0.25, -0.2) is 4.79 Å². The van der Waals surface area contributed by atoms with Crippen LogP contribution in [-0.4, -0.2) is 19.9 Å². The smallest absolute Gasteiger partial charge is 0.342 e. The minimum absolute atomic E-state index is 0.135. The number of hydrogen-bond donors (Lipinski definition) is 1. The molecular formula is C16H17NO4. The zero-order valence-electron chi connectivity index (χ0n) is 11.7. The van der Waals surface area contributed by atoms with Gasteiger partial charge in [-0.1, -0.05) is 30.3 Å². The molecule has 0 atom stereocenters. The van der Waals surface area contributed by atoms with Crippen LogP contribution in [0.4, 0.5) is 5.69 Å². The average Bonchev–Trinajstić information content (AvgIpc) is 2.53. The van der Waals surface area contributed by atoms with Crippen molar-refractivity contribution >= 4 is 11.7 Å². The Labute approximate surface area is 123 Å². The number of hydrogen-bond acceptors (Lipinski definition) is 5. The molecular weight excluding hydrogens is 270 g/mol. The molecule has 2 aromatic rings. The van der Waals surface area contributed by atoms with E-state index >= 15 is 0 Å². The number of methoxy groups -OCH3 is 1. The van der Waals surface area contributed by atoms with Crippen LogP contribution in [0.3, 0.4) is 0 Å². The van der Waals surface area contributed by atoms with Crippen molar-refractivity contribution in [3.63, 3.8) is 0 Å². The minimum Gasteiger partial charge on any atom is -0.497 e. The standard InChI is InChI=1S/C16H17NO4/c1-19-13-7-8-15(17)14(9-13)16(18)21-11-20-10-12-5-3-2-4-6-12/h2-9H,10-11,17H2,1H3. The molecule has 2 N–H and O–H groups in total. The van der Waals surface area contributed by atoms with Gasteiger partial charge in [0.2, 0.25) is 0 Å². The lowest BCUT2D eigenvalue weighted by atomic mass is 10.2. The molecule has 0 amide bonds. The van der Waals surface area contributed by atoms with Gasteiger partial charge in [0.1, 0.15) is 5.75 Å². The first kappa shape index (κ1) is 14.9. The highest BCUT2D eigenvalue weighted by molar-refractivity contribution is 5.95. The first-order chi connectivity index (χ1) is 10.2. The van der Waals surface area contributed by atoms with Gasteiger partial charge in [0.25, 0.3) is 0 Å². The fourth-order valence-electron chi connectivity index (χ4n) is 1.75. The van der Waals surface area contributed by atoms with Gasteiger partial charge in [-0.3, -0.25) is 0 Å². The SMILES string of the molecule is COc1ccc(N)c(C(=O)OCOCc2ccccc2)c1. The van der Waals surface area contributed by atoms with Crippen LogP contribution in [0.2, 0.25) is 0 Å². The summed E-state index contributed by atoms with van der Waals surface area (Å²) in [6.07, 6.45) is 0. The molecule has 0 fully saturated rings. The molecule has 0 spiro atoms. The number of carbonyl (C=O) groups excluding carboxylic acids is 1. The Morgan fingerprint density at radius 2 is 1.90 bits per heavy atom. The second-order valence-electron chi connectivity index (χ2n) is 4.34. The van der Waals surface area contributed by atoms with E-state index in [9.17, 15) is 4.79 Å². The molecule has 5 heteroatoms. The second kappa shape index (κ2) is 7.31. The monoisotopic (exact) mass is 287 g/mol. The van der Waals surface area contributed by atoms with Gasteiger partial charge in [-0.05, 0) is 23.8 Å². The van der Waals surface area contributed by atoms with Crippen molar-refractivity contribution in [2.75, 3.05) is 19.6 Å². The van der Waals surface area contributed by atoms with E-state index in [-0.39, 0.29) is 12.4 Å². The molecule has 0 unspecified atom stereocenters. The van der Waals surface area contributed by atoms with Gasteiger partial charge in [0, 0.05) is 5.69 Å². The summed E-state index contributed by atoms with van der Waals surface area (Å²) in [5.74, 6) is 0.000755. The van der Waals surface area contributed by atoms with E-state index in [1.165, 1.54) is 13.2 Å². The molecule has 0 aromatic heterocycles. The Morgan fingerprint density at radius 1 is 1.14 bits per heavy atom. The second-order valence-corrected chi connectivity index (χ2v) is 4.34. The van der Waals surface area contributed by atoms with E-state index < -0.39 is 5.97 Å². The number of carbonyl (C=O) groups is 1. The van der Waals surface area contributed by atoms with Crippen molar-refractivity contribution < 1.29 is 19.0 Å². The third-order valence-corrected chi connectivity index (χ3v) is 2.87. The van der Waals surface area contributed by atoms with Crippen LogP contribution < -0.4 is 10.5 Å². The highest BCUT2D eigenvalue weighted by atomic mass is 16.7. The summed E-state index contributed by atoms with van der Waals surface area (Å²) in [7, 11) is 1.52. The first-order valence-electron chi connectivity index (χ1n) is 6.43. The summed E-state index contributed by atoms with van der Waals surface area (Å²) >= 11 is 0. The van der Waals surface area contributed by atoms with Gasteiger partial charge >= 0.3 is 5.97 Å². The quantitative estimate of drug-likeness (QED) is 0.383. The van der Waals surface area contributed by atoms with Crippen LogP contribution in [0.25, 0.3) is 0 Å². The fourth-order valence-corrected chi connectivity index (χ4v) is 1.75. The molecule has 2 aromatic carbocycles. The van der Waals surface area contributed by atoms with E-state index in [4.69, 9.17) is 19.9 Å².